The molecule has 0 bridgehead atoms. The minimum absolute atomic E-state index is 0.137. The monoisotopic (exact) mass is 425 g/mol. The number of nitrogens with two attached hydrogens (primary N) is 1. The molecule has 3 rings (SSSR count). The summed E-state index contributed by atoms with van der Waals surface area (Å²) in [4.78, 5) is 0. The Bertz CT molecular complexity index is 1010. The maximum absolute atomic E-state index is 6.08. The third-order valence-corrected chi connectivity index (χ3v) is 6.43. The molecule has 0 radical (unpaired) electrons. The van der Waals surface area contributed by atoms with Gasteiger partial charge >= 0.3 is 0 Å². The highest BCUT2D eigenvalue weighted by molar-refractivity contribution is 5.84. The Hall–Kier alpha value is -2.64. The summed E-state index contributed by atoms with van der Waals surface area (Å²) in [6.45, 7) is 13.4. The van der Waals surface area contributed by atoms with Crippen molar-refractivity contribution in [3.8, 4) is 0 Å². The molecule has 0 aliphatic heterocycles. The van der Waals surface area contributed by atoms with E-state index in [9.17, 15) is 0 Å². The van der Waals surface area contributed by atoms with E-state index < -0.39 is 0 Å². The van der Waals surface area contributed by atoms with Gasteiger partial charge in [0.2, 0.25) is 0 Å². The standard InChI is InChI=1S/C31H39N/c1-22(2)29-12-8-9-13-30(29)24(4)10-6-7-11-25(5)31(26-16-14-23(3)15-17-26)27-18-20-28(32)21-19-27/h8-9,12-20,22,28H,4,6-7,10-11,21,32H2,1-3,5H3/b31-25+. The zero-order chi connectivity index (χ0) is 23.1. The van der Waals surface area contributed by atoms with Crippen LogP contribution in [0, 0.1) is 6.92 Å². The van der Waals surface area contributed by atoms with Crippen molar-refractivity contribution in [2.75, 3.05) is 0 Å². The lowest BCUT2D eigenvalue weighted by atomic mass is 9.87. The molecule has 0 saturated carbocycles. The Morgan fingerprint density at radius 2 is 1.72 bits per heavy atom. The molecule has 168 valence electrons. The van der Waals surface area contributed by atoms with Gasteiger partial charge < -0.3 is 5.73 Å². The van der Waals surface area contributed by atoms with E-state index in [0.717, 1.165) is 25.7 Å². The van der Waals surface area contributed by atoms with Gasteiger partial charge in [-0.2, -0.15) is 0 Å². The zero-order valence-corrected chi connectivity index (χ0v) is 20.3. The van der Waals surface area contributed by atoms with Crippen molar-refractivity contribution in [2.45, 2.75) is 71.8 Å². The first kappa shape index (κ1) is 24.0. The molecule has 32 heavy (non-hydrogen) atoms. The predicted molar refractivity (Wildman–Crippen MR) is 142 cm³/mol. The molecular formula is C31H39N. The first-order valence-corrected chi connectivity index (χ1v) is 12.0. The molecule has 2 N–H and O–H groups in total. The Kier molecular flexibility index (Phi) is 8.47. The fraction of sp³-hybridized carbons (Fsp3) is 0.355. The molecule has 0 aromatic heterocycles. The average Bonchev–Trinajstić information content (AvgIpc) is 2.79. The molecule has 1 aliphatic carbocycles. The predicted octanol–water partition coefficient (Wildman–Crippen LogP) is 8.38. The summed E-state index contributed by atoms with van der Waals surface area (Å²) in [5.41, 5.74) is 16.8. The summed E-state index contributed by atoms with van der Waals surface area (Å²) in [6.07, 6.45) is 12.0. The minimum Gasteiger partial charge on any atom is -0.324 e. The van der Waals surface area contributed by atoms with Crippen LogP contribution in [0.25, 0.3) is 11.1 Å². The van der Waals surface area contributed by atoms with Crippen LogP contribution in [-0.2, 0) is 0 Å². The zero-order valence-electron chi connectivity index (χ0n) is 20.3. The second-order valence-electron chi connectivity index (χ2n) is 9.49. The normalized spacial score (nSPS) is 16.7. The summed E-state index contributed by atoms with van der Waals surface area (Å²) >= 11 is 0. The van der Waals surface area contributed by atoms with Crippen LogP contribution in [0.4, 0.5) is 0 Å². The van der Waals surface area contributed by atoms with Crippen molar-refractivity contribution in [3.05, 3.63) is 107 Å². The molecular weight excluding hydrogens is 386 g/mol. The Balaban J connectivity index is 1.70. The Morgan fingerprint density at radius 3 is 2.38 bits per heavy atom. The van der Waals surface area contributed by atoms with Gasteiger partial charge in [0.25, 0.3) is 0 Å². The maximum atomic E-state index is 6.08. The molecule has 0 heterocycles. The SMILES string of the molecule is C=C(CCCC/C(C)=C(/C1=CCC(N)C=C1)c1ccc(C)cc1)c1ccccc1C(C)C. The summed E-state index contributed by atoms with van der Waals surface area (Å²) in [5.74, 6) is 0.523. The van der Waals surface area contributed by atoms with E-state index in [2.05, 4.69) is 101 Å². The number of rotatable bonds is 9. The van der Waals surface area contributed by atoms with E-state index in [1.54, 1.807) is 0 Å². The van der Waals surface area contributed by atoms with E-state index in [-0.39, 0.29) is 6.04 Å². The average molecular weight is 426 g/mol. The van der Waals surface area contributed by atoms with Crippen LogP contribution in [0.1, 0.15) is 81.0 Å². The molecule has 1 aliphatic rings. The summed E-state index contributed by atoms with van der Waals surface area (Å²) < 4.78 is 0. The third-order valence-electron chi connectivity index (χ3n) is 6.43. The highest BCUT2D eigenvalue weighted by Crippen LogP contribution is 2.33. The lowest BCUT2D eigenvalue weighted by Gasteiger charge is -2.19. The fourth-order valence-electron chi connectivity index (χ4n) is 4.51. The number of aryl methyl sites for hydroxylation is 1. The van der Waals surface area contributed by atoms with Gasteiger partial charge in [0, 0.05) is 6.04 Å². The van der Waals surface area contributed by atoms with Crippen molar-refractivity contribution in [2.24, 2.45) is 5.73 Å². The van der Waals surface area contributed by atoms with E-state index in [1.165, 1.54) is 51.0 Å². The van der Waals surface area contributed by atoms with Crippen molar-refractivity contribution in [1.29, 1.82) is 0 Å². The van der Waals surface area contributed by atoms with Crippen molar-refractivity contribution in [1.82, 2.24) is 0 Å². The Labute approximate surface area is 195 Å². The minimum atomic E-state index is 0.137. The number of benzene rings is 2. The molecule has 0 saturated heterocycles. The van der Waals surface area contributed by atoms with Gasteiger partial charge in [-0.25, -0.2) is 0 Å². The van der Waals surface area contributed by atoms with Gasteiger partial charge in [-0.3, -0.25) is 0 Å². The van der Waals surface area contributed by atoms with Gasteiger partial charge in [-0.15, -0.1) is 0 Å². The highest BCUT2D eigenvalue weighted by Gasteiger charge is 2.14. The topological polar surface area (TPSA) is 26.0 Å². The molecule has 0 fully saturated rings. The lowest BCUT2D eigenvalue weighted by Crippen LogP contribution is -2.17. The third kappa shape index (κ3) is 6.20. The van der Waals surface area contributed by atoms with Crippen LogP contribution in [0.15, 0.2) is 84.5 Å². The number of allylic oxidation sites excluding steroid dienone is 5. The van der Waals surface area contributed by atoms with Gasteiger partial charge in [0.05, 0.1) is 0 Å². The maximum Gasteiger partial charge on any atom is 0.0262 e. The first-order chi connectivity index (χ1) is 15.4. The Morgan fingerprint density at radius 1 is 1.03 bits per heavy atom. The smallest absolute Gasteiger partial charge is 0.0262 e. The van der Waals surface area contributed by atoms with E-state index in [4.69, 9.17) is 5.73 Å². The number of unbranched alkanes of at least 4 members (excludes halogenated alkanes) is 1. The van der Waals surface area contributed by atoms with E-state index in [0.29, 0.717) is 5.92 Å². The van der Waals surface area contributed by atoms with E-state index >= 15 is 0 Å². The largest absolute Gasteiger partial charge is 0.324 e. The van der Waals surface area contributed by atoms with Gasteiger partial charge in [-0.05, 0) is 85.3 Å². The quantitative estimate of drug-likeness (QED) is 0.401. The molecule has 0 amide bonds. The molecule has 2 aromatic carbocycles. The summed E-state index contributed by atoms with van der Waals surface area (Å²) in [5, 5.41) is 0. The van der Waals surface area contributed by atoms with Crippen LogP contribution < -0.4 is 5.73 Å². The van der Waals surface area contributed by atoms with Crippen molar-refractivity contribution < 1.29 is 0 Å². The highest BCUT2D eigenvalue weighted by atomic mass is 14.6. The van der Waals surface area contributed by atoms with Crippen LogP contribution in [0.2, 0.25) is 0 Å². The van der Waals surface area contributed by atoms with Crippen LogP contribution in [0.3, 0.4) is 0 Å². The number of hydrogen-bond acceptors (Lipinski definition) is 1. The summed E-state index contributed by atoms with van der Waals surface area (Å²) in [7, 11) is 0. The van der Waals surface area contributed by atoms with Crippen LogP contribution in [-0.4, -0.2) is 6.04 Å². The second-order valence-corrected chi connectivity index (χ2v) is 9.49. The van der Waals surface area contributed by atoms with Crippen molar-refractivity contribution >= 4 is 11.1 Å². The van der Waals surface area contributed by atoms with Gasteiger partial charge in [-0.1, -0.05) is 98.3 Å². The van der Waals surface area contributed by atoms with Crippen LogP contribution >= 0.6 is 0 Å². The van der Waals surface area contributed by atoms with Crippen molar-refractivity contribution in [3.63, 3.8) is 0 Å². The molecule has 1 nitrogen and oxygen atoms in total. The molecule has 1 unspecified atom stereocenters. The first-order valence-electron chi connectivity index (χ1n) is 12.0. The molecule has 2 aromatic rings. The molecule has 0 spiro atoms. The fourth-order valence-corrected chi connectivity index (χ4v) is 4.51. The molecule has 1 atom stereocenters. The van der Waals surface area contributed by atoms with Gasteiger partial charge in [0.15, 0.2) is 0 Å². The van der Waals surface area contributed by atoms with E-state index in [1.807, 2.05) is 0 Å². The second kappa shape index (κ2) is 11.3. The number of hydrogen-bond donors (Lipinski definition) is 1. The van der Waals surface area contributed by atoms with Crippen LogP contribution in [0.5, 0.6) is 0 Å². The summed E-state index contributed by atoms with van der Waals surface area (Å²) in [6, 6.07) is 17.8. The van der Waals surface area contributed by atoms with Gasteiger partial charge in [0.1, 0.15) is 0 Å². The lowest BCUT2D eigenvalue weighted by molar-refractivity contribution is 0.748. The molecule has 1 heteroatoms.